The van der Waals surface area contributed by atoms with Gasteiger partial charge in [-0.1, -0.05) is 19.4 Å². The number of furan rings is 1. The minimum Gasteiger partial charge on any atom is -0.481 e. The summed E-state index contributed by atoms with van der Waals surface area (Å²) in [6.45, 7) is 7.41. The fourth-order valence-corrected chi connectivity index (χ4v) is 4.64. The fraction of sp³-hybridized carbons (Fsp3) is 0.600. The summed E-state index contributed by atoms with van der Waals surface area (Å²) in [7, 11) is 0. The highest BCUT2D eigenvalue weighted by atomic mass is 16.5. The molecular weight excluding hydrogens is 320 g/mol. The number of aryl methyl sites for hydroxylation is 1. The molecular formula is C20H26O5. The lowest BCUT2D eigenvalue weighted by Gasteiger charge is -2.52. The lowest BCUT2D eigenvalue weighted by molar-refractivity contribution is -0.177. The number of carboxylic acid groups (broad SMARTS) is 1. The number of hydrogen-bond acceptors (Lipinski definition) is 4. The molecule has 0 bridgehead atoms. The molecule has 0 amide bonds. The van der Waals surface area contributed by atoms with Gasteiger partial charge in [-0.3, -0.25) is 4.79 Å². The Labute approximate surface area is 148 Å². The standard InChI is InChI=1S/C20H26O5/c1-5-11(2)19(23)25-17-16-12(3)10-24-15(16)9-13-7-6-8-14(18(21)22)20(13,17)4/h5,10,13-14,17H,6-9H2,1-4H3,(H,21,22)/b11-5+/t13-,14-,17-,20+/m1/s1. The molecule has 1 aromatic heterocycles. The van der Waals surface area contributed by atoms with Crippen LogP contribution in [0.2, 0.25) is 0 Å². The van der Waals surface area contributed by atoms with Gasteiger partial charge in [0.2, 0.25) is 0 Å². The Bertz CT molecular complexity index is 728. The summed E-state index contributed by atoms with van der Waals surface area (Å²) in [4.78, 5) is 24.5. The molecule has 0 unspecified atom stereocenters. The van der Waals surface area contributed by atoms with E-state index in [1.807, 2.05) is 13.8 Å². The molecule has 136 valence electrons. The van der Waals surface area contributed by atoms with Crippen molar-refractivity contribution in [3.8, 4) is 0 Å². The third kappa shape index (κ3) is 2.70. The van der Waals surface area contributed by atoms with E-state index in [4.69, 9.17) is 9.15 Å². The highest BCUT2D eigenvalue weighted by Gasteiger charge is 2.58. The molecule has 2 aliphatic rings. The molecule has 2 aliphatic carbocycles. The van der Waals surface area contributed by atoms with Crippen LogP contribution in [0, 0.1) is 24.2 Å². The van der Waals surface area contributed by atoms with E-state index >= 15 is 0 Å². The molecule has 0 spiro atoms. The zero-order valence-electron chi connectivity index (χ0n) is 15.3. The lowest BCUT2D eigenvalue weighted by atomic mass is 9.53. The summed E-state index contributed by atoms with van der Waals surface area (Å²) in [6, 6.07) is 0. The number of allylic oxidation sites excluding steroid dienone is 1. The summed E-state index contributed by atoms with van der Waals surface area (Å²) in [5, 5.41) is 9.84. The summed E-state index contributed by atoms with van der Waals surface area (Å²) in [5.74, 6) is -0.764. The van der Waals surface area contributed by atoms with E-state index in [2.05, 4.69) is 0 Å². The predicted molar refractivity (Wildman–Crippen MR) is 92.0 cm³/mol. The smallest absolute Gasteiger partial charge is 0.334 e. The summed E-state index contributed by atoms with van der Waals surface area (Å²) in [5.41, 5.74) is 1.68. The molecule has 1 saturated carbocycles. The predicted octanol–water partition coefficient (Wildman–Crippen LogP) is 4.20. The van der Waals surface area contributed by atoms with E-state index in [-0.39, 0.29) is 5.92 Å². The van der Waals surface area contributed by atoms with Gasteiger partial charge in [-0.25, -0.2) is 4.79 Å². The van der Waals surface area contributed by atoms with E-state index < -0.39 is 29.4 Å². The third-order valence-corrected chi connectivity index (χ3v) is 6.32. The number of carboxylic acids is 1. The zero-order chi connectivity index (χ0) is 18.4. The van der Waals surface area contributed by atoms with Gasteiger partial charge in [-0.05, 0) is 45.1 Å². The Morgan fingerprint density at radius 3 is 2.76 bits per heavy atom. The van der Waals surface area contributed by atoms with Crippen LogP contribution in [0.4, 0.5) is 0 Å². The van der Waals surface area contributed by atoms with Crippen LogP contribution in [0.3, 0.4) is 0 Å². The maximum Gasteiger partial charge on any atom is 0.334 e. The van der Waals surface area contributed by atoms with E-state index in [1.165, 1.54) is 0 Å². The van der Waals surface area contributed by atoms with Gasteiger partial charge in [0.25, 0.3) is 0 Å². The number of aliphatic carboxylic acids is 1. The average molecular weight is 346 g/mol. The largest absolute Gasteiger partial charge is 0.481 e. The van der Waals surface area contributed by atoms with Crippen molar-refractivity contribution in [3.05, 3.63) is 34.8 Å². The van der Waals surface area contributed by atoms with Crippen LogP contribution in [0.1, 0.15) is 63.0 Å². The molecule has 1 heterocycles. The van der Waals surface area contributed by atoms with E-state index in [9.17, 15) is 14.7 Å². The van der Waals surface area contributed by atoms with Crippen molar-refractivity contribution >= 4 is 11.9 Å². The van der Waals surface area contributed by atoms with Crippen LogP contribution >= 0.6 is 0 Å². The second-order valence-electron chi connectivity index (χ2n) is 7.60. The van der Waals surface area contributed by atoms with Gasteiger partial charge in [-0.2, -0.15) is 0 Å². The van der Waals surface area contributed by atoms with Gasteiger partial charge in [0.05, 0.1) is 12.2 Å². The van der Waals surface area contributed by atoms with Crippen molar-refractivity contribution < 1.29 is 23.8 Å². The number of fused-ring (bicyclic) bond motifs is 2. The Morgan fingerprint density at radius 1 is 1.40 bits per heavy atom. The van der Waals surface area contributed by atoms with Gasteiger partial charge < -0.3 is 14.3 Å². The van der Waals surface area contributed by atoms with Crippen molar-refractivity contribution in [2.45, 2.75) is 59.5 Å². The Balaban J connectivity index is 2.11. The molecule has 5 heteroatoms. The monoisotopic (exact) mass is 346 g/mol. The van der Waals surface area contributed by atoms with E-state index in [1.54, 1.807) is 26.2 Å². The summed E-state index contributed by atoms with van der Waals surface area (Å²) in [6.07, 6.45) is 5.93. The highest BCUT2D eigenvalue weighted by Crippen LogP contribution is 2.59. The van der Waals surface area contributed by atoms with Crippen LogP contribution in [0.25, 0.3) is 0 Å². The topological polar surface area (TPSA) is 76.7 Å². The van der Waals surface area contributed by atoms with Gasteiger partial charge in [0, 0.05) is 23.0 Å². The van der Waals surface area contributed by atoms with Crippen LogP contribution in [-0.2, 0) is 20.7 Å². The van der Waals surface area contributed by atoms with E-state index in [0.717, 1.165) is 29.7 Å². The first kappa shape index (κ1) is 17.8. The summed E-state index contributed by atoms with van der Waals surface area (Å²) < 4.78 is 11.7. The number of hydrogen-bond donors (Lipinski definition) is 1. The molecule has 1 fully saturated rings. The molecule has 3 rings (SSSR count). The van der Waals surface area contributed by atoms with Crippen molar-refractivity contribution in [2.75, 3.05) is 0 Å². The van der Waals surface area contributed by atoms with Crippen LogP contribution in [-0.4, -0.2) is 17.0 Å². The molecule has 25 heavy (non-hydrogen) atoms. The van der Waals surface area contributed by atoms with Gasteiger partial charge in [0.1, 0.15) is 11.9 Å². The maximum atomic E-state index is 12.5. The van der Waals surface area contributed by atoms with Gasteiger partial charge in [0.15, 0.2) is 0 Å². The Morgan fingerprint density at radius 2 is 2.12 bits per heavy atom. The Kier molecular flexibility index (Phi) is 4.52. The zero-order valence-corrected chi connectivity index (χ0v) is 15.3. The van der Waals surface area contributed by atoms with Crippen molar-refractivity contribution in [3.63, 3.8) is 0 Å². The quantitative estimate of drug-likeness (QED) is 0.655. The molecule has 1 N–H and O–H groups in total. The normalized spacial score (nSPS) is 31.8. The summed E-state index contributed by atoms with van der Waals surface area (Å²) >= 11 is 0. The SMILES string of the molecule is C/C=C(\C)C(=O)O[C@@H]1c2c(C)coc2C[C@H]2CCC[C@H](C(=O)O)[C@]21C. The maximum absolute atomic E-state index is 12.5. The molecule has 0 aliphatic heterocycles. The van der Waals surface area contributed by atoms with E-state index in [0.29, 0.717) is 18.4 Å². The molecule has 0 radical (unpaired) electrons. The van der Waals surface area contributed by atoms with Crippen molar-refractivity contribution in [1.82, 2.24) is 0 Å². The molecule has 0 aromatic carbocycles. The first-order chi connectivity index (χ1) is 11.8. The minimum atomic E-state index is -0.805. The highest BCUT2D eigenvalue weighted by molar-refractivity contribution is 5.88. The lowest BCUT2D eigenvalue weighted by Crippen LogP contribution is -2.51. The first-order valence-corrected chi connectivity index (χ1v) is 8.94. The fourth-order valence-electron chi connectivity index (χ4n) is 4.64. The average Bonchev–Trinajstić information content (AvgIpc) is 2.94. The number of carbonyl (C=O) groups is 2. The van der Waals surface area contributed by atoms with Crippen LogP contribution in [0.15, 0.2) is 22.3 Å². The van der Waals surface area contributed by atoms with Crippen molar-refractivity contribution in [2.24, 2.45) is 17.3 Å². The molecule has 4 atom stereocenters. The van der Waals surface area contributed by atoms with Gasteiger partial charge in [-0.15, -0.1) is 0 Å². The number of rotatable bonds is 3. The van der Waals surface area contributed by atoms with Crippen LogP contribution < -0.4 is 0 Å². The van der Waals surface area contributed by atoms with Crippen LogP contribution in [0.5, 0.6) is 0 Å². The van der Waals surface area contributed by atoms with Gasteiger partial charge >= 0.3 is 11.9 Å². The molecule has 0 saturated heterocycles. The third-order valence-electron chi connectivity index (χ3n) is 6.32. The Hall–Kier alpha value is -2.04. The number of ether oxygens (including phenoxy) is 1. The molecule has 5 nitrogen and oxygen atoms in total. The second kappa shape index (κ2) is 6.36. The number of esters is 1. The molecule has 1 aromatic rings. The number of carbonyl (C=O) groups excluding carboxylic acids is 1. The first-order valence-electron chi connectivity index (χ1n) is 8.94. The van der Waals surface area contributed by atoms with Crippen molar-refractivity contribution in [1.29, 1.82) is 0 Å². The second-order valence-corrected chi connectivity index (χ2v) is 7.60. The minimum absolute atomic E-state index is 0.129.